The lowest BCUT2D eigenvalue weighted by Crippen LogP contribution is -2.39. The minimum Gasteiger partial charge on any atom is -0.305 e. The van der Waals surface area contributed by atoms with Gasteiger partial charge >= 0.3 is 0 Å². The van der Waals surface area contributed by atoms with Gasteiger partial charge in [0.05, 0.1) is 0 Å². The second kappa shape index (κ2) is 7.11. The van der Waals surface area contributed by atoms with Crippen LogP contribution in [0.3, 0.4) is 0 Å². The first-order chi connectivity index (χ1) is 7.69. The summed E-state index contributed by atoms with van der Waals surface area (Å²) in [4.78, 5) is 2.51. The lowest BCUT2D eigenvalue weighted by Gasteiger charge is -2.38. The smallest absolute Gasteiger partial charge is 0.00442 e. The first-order valence-electron chi connectivity index (χ1n) is 7.06. The Kier molecular flexibility index (Phi) is 6.12. The Bertz CT molecular complexity index is 189. The zero-order valence-corrected chi connectivity index (χ0v) is 11.5. The predicted octanol–water partition coefficient (Wildman–Crippen LogP) is 4.10. The summed E-state index contributed by atoms with van der Waals surface area (Å²) in [5, 5.41) is 0. The summed E-state index contributed by atoms with van der Waals surface area (Å²) >= 11 is 0. The third-order valence-corrected chi connectivity index (χ3v) is 3.93. The maximum absolute atomic E-state index is 4.39. The first-order valence-corrected chi connectivity index (χ1v) is 7.06. The van der Waals surface area contributed by atoms with Crippen LogP contribution in [0.15, 0.2) is 12.2 Å². The summed E-state index contributed by atoms with van der Waals surface area (Å²) in [6.45, 7) is 11.4. The Balaban J connectivity index is 2.48. The Morgan fingerprint density at radius 2 is 1.50 bits per heavy atom. The van der Waals surface area contributed by atoms with Crippen molar-refractivity contribution in [2.24, 2.45) is 11.8 Å². The molecular formula is C15H29N. The molecule has 0 aromatic heterocycles. The second-order valence-corrected chi connectivity index (χ2v) is 5.47. The van der Waals surface area contributed by atoms with Crippen LogP contribution in [0.5, 0.6) is 0 Å². The molecule has 0 aliphatic carbocycles. The van der Waals surface area contributed by atoms with E-state index in [0.29, 0.717) is 0 Å². The van der Waals surface area contributed by atoms with Crippen LogP contribution in [0, 0.1) is 11.8 Å². The topological polar surface area (TPSA) is 3.24 Å². The van der Waals surface area contributed by atoms with E-state index in [1.165, 1.54) is 51.6 Å². The van der Waals surface area contributed by atoms with E-state index in [-0.39, 0.29) is 0 Å². The highest BCUT2D eigenvalue weighted by molar-refractivity contribution is 5.10. The average Bonchev–Trinajstić information content (AvgIpc) is 2.28. The van der Waals surface area contributed by atoms with Gasteiger partial charge in [-0.05, 0) is 31.7 Å². The zero-order chi connectivity index (χ0) is 12.0. The lowest BCUT2D eigenvalue weighted by molar-refractivity contribution is 0.195. The van der Waals surface area contributed by atoms with Crippen molar-refractivity contribution in [1.29, 1.82) is 0 Å². The van der Waals surface area contributed by atoms with Crippen molar-refractivity contribution >= 4 is 0 Å². The van der Waals surface area contributed by atoms with Crippen LogP contribution in [0.25, 0.3) is 0 Å². The number of unbranched alkanes of at least 4 members (excludes halogenated alkanes) is 2. The summed E-state index contributed by atoms with van der Waals surface area (Å²) in [7, 11) is 2.27. The first kappa shape index (κ1) is 13.8. The third-order valence-electron chi connectivity index (χ3n) is 3.93. The Labute approximate surface area is 102 Å². The normalized spacial score (nSPS) is 27.3. The number of hydrogen-bond acceptors (Lipinski definition) is 1. The van der Waals surface area contributed by atoms with Crippen molar-refractivity contribution in [2.45, 2.75) is 52.4 Å². The van der Waals surface area contributed by atoms with E-state index in [4.69, 9.17) is 0 Å². The minimum atomic E-state index is 0.764. The van der Waals surface area contributed by atoms with Crippen LogP contribution in [-0.4, -0.2) is 25.0 Å². The SMILES string of the molecule is C=C1C(CCCC)CN(C)CC1CCCC. The molecule has 1 aliphatic heterocycles. The van der Waals surface area contributed by atoms with Gasteiger partial charge in [0.2, 0.25) is 0 Å². The fraction of sp³-hybridized carbons (Fsp3) is 0.867. The number of hydrogen-bond donors (Lipinski definition) is 0. The van der Waals surface area contributed by atoms with Crippen LogP contribution in [0.4, 0.5) is 0 Å². The second-order valence-electron chi connectivity index (χ2n) is 5.47. The van der Waals surface area contributed by atoms with E-state index >= 15 is 0 Å². The molecule has 16 heavy (non-hydrogen) atoms. The van der Waals surface area contributed by atoms with E-state index in [1.807, 2.05) is 0 Å². The highest BCUT2D eigenvalue weighted by Gasteiger charge is 2.27. The molecule has 0 N–H and O–H groups in total. The van der Waals surface area contributed by atoms with E-state index < -0.39 is 0 Å². The molecule has 0 bridgehead atoms. The van der Waals surface area contributed by atoms with Crippen molar-refractivity contribution in [2.75, 3.05) is 20.1 Å². The number of rotatable bonds is 6. The molecule has 2 atom stereocenters. The van der Waals surface area contributed by atoms with Gasteiger partial charge in [0.25, 0.3) is 0 Å². The lowest BCUT2D eigenvalue weighted by atomic mass is 9.79. The quantitative estimate of drug-likeness (QED) is 0.613. The van der Waals surface area contributed by atoms with E-state index in [1.54, 1.807) is 5.57 Å². The van der Waals surface area contributed by atoms with E-state index in [9.17, 15) is 0 Å². The van der Waals surface area contributed by atoms with Gasteiger partial charge in [-0.3, -0.25) is 0 Å². The summed E-state index contributed by atoms with van der Waals surface area (Å²) in [5.74, 6) is 1.53. The Morgan fingerprint density at radius 1 is 1.06 bits per heavy atom. The van der Waals surface area contributed by atoms with Gasteiger partial charge in [-0.1, -0.05) is 51.7 Å². The largest absolute Gasteiger partial charge is 0.305 e. The van der Waals surface area contributed by atoms with Crippen molar-refractivity contribution in [3.8, 4) is 0 Å². The number of nitrogens with zero attached hydrogens (tertiary/aromatic N) is 1. The maximum Gasteiger partial charge on any atom is 0.00442 e. The van der Waals surface area contributed by atoms with E-state index in [2.05, 4.69) is 32.4 Å². The number of piperidine rings is 1. The monoisotopic (exact) mass is 223 g/mol. The molecule has 0 amide bonds. The molecule has 1 fully saturated rings. The molecule has 1 heterocycles. The molecule has 1 aliphatic rings. The molecule has 0 aromatic carbocycles. The molecule has 0 spiro atoms. The minimum absolute atomic E-state index is 0.764. The molecule has 1 rings (SSSR count). The Hall–Kier alpha value is -0.300. The molecule has 0 aromatic rings. The standard InChI is InChI=1S/C15H29N/c1-5-7-9-14-11-16(4)12-15(13(14)3)10-8-6-2/h14-15H,3,5-12H2,1-2,4H3. The van der Waals surface area contributed by atoms with E-state index in [0.717, 1.165) is 11.8 Å². The van der Waals surface area contributed by atoms with Crippen LogP contribution < -0.4 is 0 Å². The fourth-order valence-electron chi connectivity index (χ4n) is 2.85. The van der Waals surface area contributed by atoms with Crippen molar-refractivity contribution in [1.82, 2.24) is 4.90 Å². The van der Waals surface area contributed by atoms with Crippen LogP contribution >= 0.6 is 0 Å². The molecule has 0 radical (unpaired) electrons. The zero-order valence-electron chi connectivity index (χ0n) is 11.5. The predicted molar refractivity (Wildman–Crippen MR) is 72.7 cm³/mol. The van der Waals surface area contributed by atoms with Gasteiger partial charge in [0.15, 0.2) is 0 Å². The molecule has 1 nitrogen and oxygen atoms in total. The van der Waals surface area contributed by atoms with Crippen LogP contribution in [0.1, 0.15) is 52.4 Å². The van der Waals surface area contributed by atoms with Gasteiger partial charge in [0, 0.05) is 13.1 Å². The fourth-order valence-corrected chi connectivity index (χ4v) is 2.85. The number of likely N-dealkylation sites (tertiary alicyclic amines) is 1. The van der Waals surface area contributed by atoms with Gasteiger partial charge in [-0.2, -0.15) is 0 Å². The molecule has 2 unspecified atom stereocenters. The molecule has 94 valence electrons. The average molecular weight is 223 g/mol. The van der Waals surface area contributed by atoms with Crippen molar-refractivity contribution < 1.29 is 0 Å². The van der Waals surface area contributed by atoms with Gasteiger partial charge in [-0.25, -0.2) is 0 Å². The maximum atomic E-state index is 4.39. The molecular weight excluding hydrogens is 194 g/mol. The van der Waals surface area contributed by atoms with Crippen molar-refractivity contribution in [3.05, 3.63) is 12.2 Å². The van der Waals surface area contributed by atoms with Gasteiger partial charge in [-0.15, -0.1) is 0 Å². The molecule has 1 heteroatoms. The summed E-state index contributed by atoms with van der Waals surface area (Å²) in [5.41, 5.74) is 1.56. The van der Waals surface area contributed by atoms with Crippen molar-refractivity contribution in [3.63, 3.8) is 0 Å². The van der Waals surface area contributed by atoms with Gasteiger partial charge < -0.3 is 4.90 Å². The van der Waals surface area contributed by atoms with Crippen LogP contribution in [0.2, 0.25) is 0 Å². The Morgan fingerprint density at radius 3 is 1.88 bits per heavy atom. The summed E-state index contributed by atoms with van der Waals surface area (Å²) < 4.78 is 0. The van der Waals surface area contributed by atoms with Gasteiger partial charge in [0.1, 0.15) is 0 Å². The molecule has 0 saturated carbocycles. The summed E-state index contributed by atoms with van der Waals surface area (Å²) in [6.07, 6.45) is 8.04. The van der Waals surface area contributed by atoms with Crippen LogP contribution in [-0.2, 0) is 0 Å². The third kappa shape index (κ3) is 3.93. The summed E-state index contributed by atoms with van der Waals surface area (Å²) in [6, 6.07) is 0. The highest BCUT2D eigenvalue weighted by Crippen LogP contribution is 2.32. The molecule has 1 saturated heterocycles. The highest BCUT2D eigenvalue weighted by atomic mass is 15.1.